The first-order chi connectivity index (χ1) is 14.4. The standard InChI is InChI=1S/C13H9.3C4H6O2.Ti/c1-3-7-12-10(5-1)9-11-6-2-4-8-13(11)12;3*1-3(2)4(5)6;/h1-9H;3*1H2,2H3,(H,5,6);/q-1;;;;. The van der Waals surface area contributed by atoms with E-state index < -0.39 is 17.9 Å². The summed E-state index contributed by atoms with van der Waals surface area (Å²) in [6.07, 6.45) is 0. The van der Waals surface area contributed by atoms with Crippen LogP contribution in [0, 0.1) is 0 Å². The first-order valence-corrected chi connectivity index (χ1v) is 9.08. The van der Waals surface area contributed by atoms with Crippen molar-refractivity contribution in [3.63, 3.8) is 0 Å². The van der Waals surface area contributed by atoms with Gasteiger partial charge in [0.05, 0.1) is 0 Å². The van der Waals surface area contributed by atoms with Crippen LogP contribution in [0.3, 0.4) is 0 Å². The molecule has 32 heavy (non-hydrogen) atoms. The zero-order chi connectivity index (χ0) is 24.1. The average molecular weight is 471 g/mol. The van der Waals surface area contributed by atoms with Crippen molar-refractivity contribution in [2.24, 2.45) is 0 Å². The Balaban J connectivity index is 0. The van der Waals surface area contributed by atoms with Crippen molar-refractivity contribution >= 4 is 39.5 Å². The molecule has 0 bridgehead atoms. The van der Waals surface area contributed by atoms with Gasteiger partial charge in [-0.2, -0.15) is 0 Å². The molecule has 3 N–H and O–H groups in total. The van der Waals surface area contributed by atoms with Crippen molar-refractivity contribution in [1.82, 2.24) is 0 Å². The third-order valence-corrected chi connectivity index (χ3v) is 3.62. The van der Waals surface area contributed by atoms with Gasteiger partial charge in [-0.05, 0) is 20.8 Å². The second-order valence-electron chi connectivity index (χ2n) is 6.58. The molecule has 6 nitrogen and oxygen atoms in total. The van der Waals surface area contributed by atoms with E-state index in [2.05, 4.69) is 74.3 Å². The van der Waals surface area contributed by atoms with Crippen LogP contribution in [0.2, 0.25) is 0 Å². The van der Waals surface area contributed by atoms with Gasteiger partial charge in [-0.3, -0.25) is 0 Å². The molecule has 0 saturated heterocycles. The van der Waals surface area contributed by atoms with Gasteiger partial charge in [0.25, 0.3) is 0 Å². The van der Waals surface area contributed by atoms with E-state index in [-0.39, 0.29) is 38.4 Å². The van der Waals surface area contributed by atoms with Crippen LogP contribution in [0.5, 0.6) is 0 Å². The fourth-order valence-corrected chi connectivity index (χ4v) is 1.90. The Kier molecular flexibility index (Phi) is 14.9. The Morgan fingerprint density at radius 1 is 0.625 bits per heavy atom. The predicted molar refractivity (Wildman–Crippen MR) is 124 cm³/mol. The molecule has 0 aliphatic rings. The van der Waals surface area contributed by atoms with E-state index in [1.54, 1.807) is 0 Å². The van der Waals surface area contributed by atoms with Crippen LogP contribution in [0.1, 0.15) is 20.8 Å². The average Bonchev–Trinajstić information content (AvgIpc) is 3.08. The van der Waals surface area contributed by atoms with Crippen LogP contribution in [-0.2, 0) is 36.1 Å². The monoisotopic (exact) mass is 471 g/mol. The maximum absolute atomic E-state index is 9.60. The van der Waals surface area contributed by atoms with Crippen LogP contribution in [-0.4, -0.2) is 33.2 Å². The molecule has 0 amide bonds. The summed E-state index contributed by atoms with van der Waals surface area (Å²) in [5.74, 6) is -2.81. The summed E-state index contributed by atoms with van der Waals surface area (Å²) in [4.78, 5) is 28.8. The minimum atomic E-state index is -0.935. The molecule has 0 radical (unpaired) electrons. The van der Waals surface area contributed by atoms with Crippen molar-refractivity contribution in [3.8, 4) is 0 Å². The molecule has 0 saturated carbocycles. The summed E-state index contributed by atoms with van der Waals surface area (Å²) < 4.78 is 0. The number of aliphatic carboxylic acids is 3. The number of hydrogen-bond donors (Lipinski definition) is 3. The Morgan fingerprint density at radius 3 is 1.06 bits per heavy atom. The maximum atomic E-state index is 9.60. The number of fused-ring (bicyclic) bond motifs is 3. The molecule has 0 aromatic heterocycles. The SMILES string of the molecule is C=C(C)C(=O)O.C=C(C)C(=O)O.C=C(C)C(=O)O.[Ti].c1ccc2c(c1)[cH-]c1ccccc12. The molecule has 7 heteroatoms. The van der Waals surface area contributed by atoms with E-state index in [1.807, 2.05) is 0 Å². The second-order valence-corrected chi connectivity index (χ2v) is 6.58. The number of carbonyl (C=O) groups is 3. The first kappa shape index (κ1) is 30.8. The quantitative estimate of drug-likeness (QED) is 0.259. The van der Waals surface area contributed by atoms with Gasteiger partial charge in [0.15, 0.2) is 0 Å². The van der Waals surface area contributed by atoms with Crippen molar-refractivity contribution in [3.05, 3.63) is 91.1 Å². The molecule has 3 aromatic carbocycles. The number of carboxylic acids is 3. The van der Waals surface area contributed by atoms with E-state index in [4.69, 9.17) is 15.3 Å². The summed E-state index contributed by atoms with van der Waals surface area (Å²) in [6.45, 7) is 13.8. The van der Waals surface area contributed by atoms with Crippen molar-refractivity contribution in [2.75, 3.05) is 0 Å². The fourth-order valence-electron chi connectivity index (χ4n) is 1.90. The van der Waals surface area contributed by atoms with Gasteiger partial charge < -0.3 is 15.3 Å². The van der Waals surface area contributed by atoms with Crippen LogP contribution >= 0.6 is 0 Å². The number of carboxylic acid groups (broad SMARTS) is 3. The van der Waals surface area contributed by atoms with E-state index in [9.17, 15) is 14.4 Å². The van der Waals surface area contributed by atoms with E-state index in [0.29, 0.717) is 0 Å². The van der Waals surface area contributed by atoms with E-state index >= 15 is 0 Å². The number of rotatable bonds is 3. The maximum Gasteiger partial charge on any atom is 0.330 e. The number of hydrogen-bond acceptors (Lipinski definition) is 3. The summed E-state index contributed by atoms with van der Waals surface area (Å²) in [5.41, 5.74) is 0.528. The van der Waals surface area contributed by atoms with Crippen molar-refractivity contribution in [1.29, 1.82) is 0 Å². The van der Waals surface area contributed by atoms with Crippen molar-refractivity contribution < 1.29 is 51.4 Å². The molecule has 0 atom stereocenters. The van der Waals surface area contributed by atoms with Crippen LogP contribution in [0.4, 0.5) is 0 Å². The predicted octanol–water partition coefficient (Wildman–Crippen LogP) is 5.65. The third-order valence-electron chi connectivity index (χ3n) is 3.62. The normalized spacial score (nSPS) is 8.72. The smallest absolute Gasteiger partial charge is 0.330 e. The molecule has 168 valence electrons. The first-order valence-electron chi connectivity index (χ1n) is 9.08. The van der Waals surface area contributed by atoms with Gasteiger partial charge in [-0.25, -0.2) is 14.4 Å². The fraction of sp³-hybridized carbons (Fsp3) is 0.120. The Hall–Kier alpha value is -3.35. The summed E-state index contributed by atoms with van der Waals surface area (Å²) in [5, 5.41) is 29.1. The topological polar surface area (TPSA) is 112 Å². The van der Waals surface area contributed by atoms with E-state index in [1.165, 1.54) is 42.3 Å². The van der Waals surface area contributed by atoms with Crippen molar-refractivity contribution in [2.45, 2.75) is 20.8 Å². The minimum Gasteiger partial charge on any atom is -0.478 e. The molecule has 0 aliphatic heterocycles. The Morgan fingerprint density at radius 2 is 0.844 bits per heavy atom. The van der Waals surface area contributed by atoms with Crippen LogP contribution in [0.25, 0.3) is 21.5 Å². The summed E-state index contributed by atoms with van der Waals surface area (Å²) in [6, 6.07) is 19.3. The van der Waals surface area contributed by atoms with Gasteiger partial charge in [0, 0.05) is 38.4 Å². The molecule has 0 fully saturated rings. The molecular weight excluding hydrogens is 444 g/mol. The van der Waals surface area contributed by atoms with E-state index in [0.717, 1.165) is 0 Å². The molecule has 3 rings (SSSR count). The van der Waals surface area contributed by atoms with Crippen LogP contribution in [0.15, 0.2) is 91.1 Å². The summed E-state index contributed by atoms with van der Waals surface area (Å²) in [7, 11) is 0. The van der Waals surface area contributed by atoms with Gasteiger partial charge in [-0.15, -0.1) is 39.7 Å². The van der Waals surface area contributed by atoms with Gasteiger partial charge >= 0.3 is 17.9 Å². The van der Waals surface area contributed by atoms with Gasteiger partial charge in [-0.1, -0.05) is 56.1 Å². The van der Waals surface area contributed by atoms with Gasteiger partial charge in [0.2, 0.25) is 0 Å². The molecule has 0 aliphatic carbocycles. The molecule has 3 aromatic rings. The summed E-state index contributed by atoms with van der Waals surface area (Å²) >= 11 is 0. The zero-order valence-electron chi connectivity index (χ0n) is 18.4. The Bertz CT molecular complexity index is 964. The molecule has 0 unspecified atom stereocenters. The minimum absolute atomic E-state index is 0. The zero-order valence-corrected chi connectivity index (χ0v) is 19.9. The Labute approximate surface area is 202 Å². The largest absolute Gasteiger partial charge is 0.478 e. The van der Waals surface area contributed by atoms with Crippen LogP contribution < -0.4 is 0 Å². The number of benzene rings is 2. The molecular formula is C25H27O6Ti-. The second kappa shape index (κ2) is 15.5. The van der Waals surface area contributed by atoms with Gasteiger partial charge in [0.1, 0.15) is 0 Å². The third kappa shape index (κ3) is 11.7. The molecule has 0 spiro atoms. The molecule has 0 heterocycles.